The van der Waals surface area contributed by atoms with Crippen LogP contribution >= 0.6 is 0 Å². The van der Waals surface area contributed by atoms with E-state index in [0.717, 1.165) is 13.1 Å². The molecule has 0 unspecified atom stereocenters. The lowest BCUT2D eigenvalue weighted by atomic mass is 9.97. The molecule has 5 nitrogen and oxygen atoms in total. The Hall–Kier alpha value is -1.10. The van der Waals surface area contributed by atoms with Crippen molar-refractivity contribution in [3.05, 3.63) is 0 Å². The fraction of sp³-hybridized carbons (Fsp3) is 0.875. The lowest BCUT2D eigenvalue weighted by molar-refractivity contribution is -0.143. The van der Waals surface area contributed by atoms with Crippen molar-refractivity contribution in [1.29, 1.82) is 0 Å². The minimum atomic E-state index is -0.688. The molecule has 1 heterocycles. The predicted octanol–water partition coefficient (Wildman–Crippen LogP) is 1.72. The van der Waals surface area contributed by atoms with Crippen molar-refractivity contribution in [2.75, 3.05) is 19.6 Å². The van der Waals surface area contributed by atoms with Gasteiger partial charge in [0.2, 0.25) is 5.91 Å². The molecule has 1 amide bonds. The van der Waals surface area contributed by atoms with Crippen LogP contribution in [-0.2, 0) is 9.59 Å². The van der Waals surface area contributed by atoms with E-state index in [0.29, 0.717) is 31.5 Å². The number of piperidine rings is 1. The molecule has 3 rings (SSSR count). The van der Waals surface area contributed by atoms with E-state index in [-0.39, 0.29) is 11.8 Å². The van der Waals surface area contributed by atoms with Crippen molar-refractivity contribution >= 4 is 11.9 Å². The summed E-state index contributed by atoms with van der Waals surface area (Å²) >= 11 is 0. The van der Waals surface area contributed by atoms with E-state index in [1.54, 1.807) is 0 Å². The second kappa shape index (κ2) is 6.34. The van der Waals surface area contributed by atoms with Gasteiger partial charge in [0.25, 0.3) is 0 Å². The van der Waals surface area contributed by atoms with Crippen LogP contribution in [-0.4, -0.2) is 58.5 Å². The minimum absolute atomic E-state index is 0.217. The number of amides is 1. The third kappa shape index (κ3) is 3.57. The molecule has 1 aliphatic heterocycles. The highest BCUT2D eigenvalue weighted by Gasteiger charge is 2.39. The average Bonchev–Trinajstić information content (AvgIpc) is 3.14. The quantitative estimate of drug-likeness (QED) is 0.838. The molecule has 0 aromatic heterocycles. The van der Waals surface area contributed by atoms with Crippen LogP contribution < -0.4 is 0 Å². The van der Waals surface area contributed by atoms with Crippen molar-refractivity contribution in [3.8, 4) is 0 Å². The molecule has 0 bridgehead atoms. The van der Waals surface area contributed by atoms with Gasteiger partial charge < -0.3 is 10.0 Å². The third-order valence-corrected chi connectivity index (χ3v) is 5.24. The molecular formula is C16H26N2O3. The van der Waals surface area contributed by atoms with Gasteiger partial charge in [-0.05, 0) is 51.6 Å². The highest BCUT2D eigenvalue weighted by atomic mass is 16.4. The van der Waals surface area contributed by atoms with Gasteiger partial charge in [0.05, 0.1) is 12.5 Å². The fourth-order valence-corrected chi connectivity index (χ4v) is 3.85. The second-order valence-electron chi connectivity index (χ2n) is 6.86. The van der Waals surface area contributed by atoms with Crippen LogP contribution in [0.25, 0.3) is 0 Å². The van der Waals surface area contributed by atoms with Gasteiger partial charge in [-0.25, -0.2) is 0 Å². The Morgan fingerprint density at radius 3 is 2.05 bits per heavy atom. The molecular weight excluding hydrogens is 268 g/mol. The summed E-state index contributed by atoms with van der Waals surface area (Å²) in [4.78, 5) is 28.0. The molecule has 0 aromatic rings. The van der Waals surface area contributed by atoms with Gasteiger partial charge in [0.15, 0.2) is 0 Å². The monoisotopic (exact) mass is 294 g/mol. The Balaban J connectivity index is 1.51. The summed E-state index contributed by atoms with van der Waals surface area (Å²) in [6.07, 6.45) is 8.54. The number of rotatable bonds is 5. The predicted molar refractivity (Wildman–Crippen MR) is 78.9 cm³/mol. The Bertz CT molecular complexity index is 394. The maximum atomic E-state index is 12.7. The van der Waals surface area contributed by atoms with Crippen molar-refractivity contribution in [2.45, 2.75) is 63.5 Å². The molecule has 1 N–H and O–H groups in total. The van der Waals surface area contributed by atoms with Crippen LogP contribution in [0.3, 0.4) is 0 Å². The zero-order chi connectivity index (χ0) is 14.8. The molecule has 0 atom stereocenters. The van der Waals surface area contributed by atoms with Gasteiger partial charge in [-0.1, -0.05) is 12.8 Å². The van der Waals surface area contributed by atoms with Crippen molar-refractivity contribution < 1.29 is 14.7 Å². The SMILES string of the molecule is O=C(O)C1CCN(CC(=O)N(C2CCCC2)C2CC2)CC1. The van der Waals surface area contributed by atoms with E-state index >= 15 is 0 Å². The number of hydrogen-bond acceptors (Lipinski definition) is 3. The molecule has 5 heteroatoms. The smallest absolute Gasteiger partial charge is 0.306 e. The van der Waals surface area contributed by atoms with Crippen LogP contribution in [0.1, 0.15) is 51.4 Å². The third-order valence-electron chi connectivity index (χ3n) is 5.24. The number of nitrogens with zero attached hydrogens (tertiary/aromatic N) is 2. The molecule has 2 aliphatic carbocycles. The molecule has 3 fully saturated rings. The van der Waals surface area contributed by atoms with E-state index in [9.17, 15) is 9.59 Å². The molecule has 21 heavy (non-hydrogen) atoms. The van der Waals surface area contributed by atoms with Gasteiger partial charge in [-0.2, -0.15) is 0 Å². The zero-order valence-corrected chi connectivity index (χ0v) is 12.7. The van der Waals surface area contributed by atoms with Crippen LogP contribution in [0.15, 0.2) is 0 Å². The summed E-state index contributed by atoms with van der Waals surface area (Å²) in [5.74, 6) is -0.629. The first-order valence-corrected chi connectivity index (χ1v) is 8.41. The molecule has 0 aromatic carbocycles. The van der Waals surface area contributed by atoms with Gasteiger partial charge in [-0.15, -0.1) is 0 Å². The first kappa shape index (κ1) is 14.8. The standard InChI is InChI=1S/C16H26N2O3/c19-15(11-17-9-7-12(8-10-17)16(20)21)18(14-5-6-14)13-3-1-2-4-13/h12-14H,1-11H2,(H,20,21). The van der Waals surface area contributed by atoms with Crippen molar-refractivity contribution in [3.63, 3.8) is 0 Å². The molecule has 0 radical (unpaired) electrons. The van der Waals surface area contributed by atoms with Crippen molar-refractivity contribution in [1.82, 2.24) is 9.80 Å². The van der Waals surface area contributed by atoms with Crippen molar-refractivity contribution in [2.24, 2.45) is 5.92 Å². The minimum Gasteiger partial charge on any atom is -0.481 e. The van der Waals surface area contributed by atoms with E-state index < -0.39 is 5.97 Å². The van der Waals surface area contributed by atoms with Gasteiger partial charge in [-0.3, -0.25) is 14.5 Å². The summed E-state index contributed by atoms with van der Waals surface area (Å²) in [5, 5.41) is 9.03. The summed E-state index contributed by atoms with van der Waals surface area (Å²) in [6, 6.07) is 0.971. The molecule has 0 spiro atoms. The first-order chi connectivity index (χ1) is 10.1. The Labute approximate surface area is 126 Å². The first-order valence-electron chi connectivity index (χ1n) is 8.41. The van der Waals surface area contributed by atoms with E-state index in [2.05, 4.69) is 9.80 Å². The summed E-state index contributed by atoms with van der Waals surface area (Å²) < 4.78 is 0. The largest absolute Gasteiger partial charge is 0.481 e. The fourth-order valence-electron chi connectivity index (χ4n) is 3.85. The number of carboxylic acids is 1. The van der Waals surface area contributed by atoms with E-state index in [4.69, 9.17) is 5.11 Å². The maximum absolute atomic E-state index is 12.7. The number of hydrogen-bond donors (Lipinski definition) is 1. The number of carbonyl (C=O) groups is 2. The zero-order valence-electron chi connectivity index (χ0n) is 12.7. The van der Waals surface area contributed by atoms with E-state index in [1.165, 1.54) is 38.5 Å². The molecule has 3 aliphatic rings. The highest BCUT2D eigenvalue weighted by molar-refractivity contribution is 5.79. The molecule has 118 valence electrons. The van der Waals surface area contributed by atoms with Crippen LogP contribution in [0.4, 0.5) is 0 Å². The van der Waals surface area contributed by atoms with Gasteiger partial charge in [0, 0.05) is 12.1 Å². The lowest BCUT2D eigenvalue weighted by Crippen LogP contribution is -2.48. The van der Waals surface area contributed by atoms with Gasteiger partial charge >= 0.3 is 5.97 Å². The number of aliphatic carboxylic acids is 1. The summed E-state index contributed by atoms with van der Waals surface area (Å²) in [6.45, 7) is 1.97. The molecule has 2 saturated carbocycles. The highest BCUT2D eigenvalue weighted by Crippen LogP contribution is 2.34. The Morgan fingerprint density at radius 2 is 1.52 bits per heavy atom. The normalized spacial score (nSPS) is 25.1. The average molecular weight is 294 g/mol. The van der Waals surface area contributed by atoms with Crippen LogP contribution in [0.2, 0.25) is 0 Å². The number of likely N-dealkylation sites (tertiary alicyclic amines) is 1. The topological polar surface area (TPSA) is 60.9 Å². The van der Waals surface area contributed by atoms with E-state index in [1.807, 2.05) is 0 Å². The Morgan fingerprint density at radius 1 is 0.952 bits per heavy atom. The summed E-state index contributed by atoms with van der Waals surface area (Å²) in [5.41, 5.74) is 0. The Kier molecular flexibility index (Phi) is 4.48. The number of carbonyl (C=O) groups excluding carboxylic acids is 1. The molecule has 1 saturated heterocycles. The van der Waals surface area contributed by atoms with Crippen LogP contribution in [0, 0.1) is 5.92 Å². The maximum Gasteiger partial charge on any atom is 0.306 e. The van der Waals surface area contributed by atoms with Gasteiger partial charge in [0.1, 0.15) is 0 Å². The van der Waals surface area contributed by atoms with Crippen LogP contribution in [0.5, 0.6) is 0 Å². The summed E-state index contributed by atoms with van der Waals surface area (Å²) in [7, 11) is 0. The lowest BCUT2D eigenvalue weighted by Gasteiger charge is -2.34. The number of carboxylic acid groups (broad SMARTS) is 1. The second-order valence-corrected chi connectivity index (χ2v) is 6.86.